The van der Waals surface area contributed by atoms with E-state index in [1.807, 2.05) is 0 Å². The molecule has 0 unspecified atom stereocenters. The van der Waals surface area contributed by atoms with Crippen LogP contribution in [0.4, 0.5) is 5.69 Å². The summed E-state index contributed by atoms with van der Waals surface area (Å²) >= 11 is 0. The third-order valence-electron chi connectivity index (χ3n) is 4.83. The number of nitrogens with one attached hydrogen (secondary N) is 1. The van der Waals surface area contributed by atoms with Gasteiger partial charge in [-0.15, -0.1) is 0 Å². The number of carboxylic acid groups (broad SMARTS) is 1. The Hall–Kier alpha value is -3.55. The van der Waals surface area contributed by atoms with Gasteiger partial charge in [0.15, 0.2) is 17.5 Å². The SMILES string of the molecule is O=C(N[C@@H](C(=O)O)c1ccccc1)[C@@H]1CC(=O)N(c2ccc3c(c2)OCO3)C1. The first-order valence-corrected chi connectivity index (χ1v) is 8.81. The van der Waals surface area contributed by atoms with Gasteiger partial charge in [0, 0.05) is 24.7 Å². The topological polar surface area (TPSA) is 105 Å². The minimum atomic E-state index is -1.16. The van der Waals surface area contributed by atoms with E-state index in [9.17, 15) is 19.5 Å². The molecule has 1 saturated heterocycles. The van der Waals surface area contributed by atoms with Crippen LogP contribution in [0.25, 0.3) is 0 Å². The molecule has 0 spiro atoms. The van der Waals surface area contributed by atoms with Gasteiger partial charge >= 0.3 is 5.97 Å². The first-order chi connectivity index (χ1) is 13.5. The van der Waals surface area contributed by atoms with Crippen molar-refractivity contribution in [2.24, 2.45) is 5.92 Å². The summed E-state index contributed by atoms with van der Waals surface area (Å²) in [4.78, 5) is 38.2. The predicted molar refractivity (Wildman–Crippen MR) is 98.0 cm³/mol. The van der Waals surface area contributed by atoms with Gasteiger partial charge in [0.2, 0.25) is 18.6 Å². The summed E-state index contributed by atoms with van der Waals surface area (Å²) in [5.74, 6) is -1.30. The Morgan fingerprint density at radius 3 is 2.61 bits per heavy atom. The van der Waals surface area contributed by atoms with Crippen LogP contribution in [-0.2, 0) is 14.4 Å². The van der Waals surface area contributed by atoms with E-state index in [0.717, 1.165) is 0 Å². The van der Waals surface area contributed by atoms with Crippen LogP contribution >= 0.6 is 0 Å². The van der Waals surface area contributed by atoms with Crippen molar-refractivity contribution in [2.75, 3.05) is 18.2 Å². The molecule has 2 aromatic carbocycles. The zero-order chi connectivity index (χ0) is 19.7. The Bertz CT molecular complexity index is 930. The molecule has 0 aromatic heterocycles. The lowest BCUT2D eigenvalue weighted by atomic mass is 10.0. The van der Waals surface area contributed by atoms with Crippen LogP contribution in [0.1, 0.15) is 18.0 Å². The lowest BCUT2D eigenvalue weighted by Gasteiger charge is -2.19. The molecule has 0 bridgehead atoms. The number of fused-ring (bicyclic) bond motifs is 1. The van der Waals surface area contributed by atoms with E-state index in [-0.39, 0.29) is 25.7 Å². The molecule has 0 saturated carbocycles. The first kappa shape index (κ1) is 17.8. The van der Waals surface area contributed by atoms with Crippen LogP contribution in [0.2, 0.25) is 0 Å². The molecule has 2 N–H and O–H groups in total. The molecule has 0 radical (unpaired) electrons. The molecule has 144 valence electrons. The standard InChI is InChI=1S/C20H18N2O6/c23-17-8-13(10-22(17)14-6-7-15-16(9-14)28-11-27-15)19(24)21-18(20(25)26)12-4-2-1-3-5-12/h1-7,9,13,18H,8,10-11H2,(H,21,24)(H,25,26)/t13-,18-/m1/s1. The van der Waals surface area contributed by atoms with E-state index in [4.69, 9.17) is 9.47 Å². The number of ether oxygens (including phenoxy) is 2. The average molecular weight is 382 g/mol. The molecule has 8 nitrogen and oxygen atoms in total. The molecular formula is C20H18N2O6. The summed E-state index contributed by atoms with van der Waals surface area (Å²) in [7, 11) is 0. The maximum atomic E-state index is 12.6. The second-order valence-electron chi connectivity index (χ2n) is 6.63. The van der Waals surface area contributed by atoms with Gasteiger partial charge in [-0.3, -0.25) is 9.59 Å². The Morgan fingerprint density at radius 2 is 1.86 bits per heavy atom. The Balaban J connectivity index is 1.47. The molecule has 0 aliphatic carbocycles. The van der Waals surface area contributed by atoms with Crippen LogP contribution < -0.4 is 19.7 Å². The van der Waals surface area contributed by atoms with Crippen LogP contribution in [0.5, 0.6) is 11.5 Å². The number of benzene rings is 2. The Morgan fingerprint density at radius 1 is 1.11 bits per heavy atom. The number of hydrogen-bond acceptors (Lipinski definition) is 5. The highest BCUT2D eigenvalue weighted by molar-refractivity contribution is 6.01. The molecule has 2 aromatic rings. The van der Waals surface area contributed by atoms with Crippen LogP contribution in [0.15, 0.2) is 48.5 Å². The molecule has 2 aliphatic rings. The van der Waals surface area contributed by atoms with Gasteiger partial charge in [-0.05, 0) is 17.7 Å². The second-order valence-corrected chi connectivity index (χ2v) is 6.63. The smallest absolute Gasteiger partial charge is 0.330 e. The molecule has 28 heavy (non-hydrogen) atoms. The molecule has 4 rings (SSSR count). The zero-order valence-corrected chi connectivity index (χ0v) is 14.8. The third kappa shape index (κ3) is 3.36. The van der Waals surface area contributed by atoms with Crippen LogP contribution in [0, 0.1) is 5.92 Å². The van der Waals surface area contributed by atoms with Crippen molar-refractivity contribution >= 4 is 23.5 Å². The lowest BCUT2D eigenvalue weighted by Crippen LogP contribution is -2.38. The lowest BCUT2D eigenvalue weighted by molar-refractivity contribution is -0.142. The summed E-state index contributed by atoms with van der Waals surface area (Å²) in [5.41, 5.74) is 1.09. The highest BCUT2D eigenvalue weighted by Crippen LogP contribution is 2.37. The summed E-state index contributed by atoms with van der Waals surface area (Å²) in [5, 5.41) is 12.0. The quantitative estimate of drug-likeness (QED) is 0.816. The number of nitrogens with zero attached hydrogens (tertiary/aromatic N) is 1. The molecule has 2 aliphatic heterocycles. The van der Waals surface area contributed by atoms with Crippen LogP contribution in [-0.4, -0.2) is 36.2 Å². The van der Waals surface area contributed by atoms with Gasteiger partial charge in [0.1, 0.15) is 0 Å². The number of amides is 2. The Kier molecular flexibility index (Phi) is 4.60. The van der Waals surface area contributed by atoms with Gasteiger partial charge in [0.05, 0.1) is 5.92 Å². The van der Waals surface area contributed by atoms with Crippen molar-refractivity contribution in [3.05, 3.63) is 54.1 Å². The fraction of sp³-hybridized carbons (Fsp3) is 0.250. The number of carboxylic acids is 1. The first-order valence-electron chi connectivity index (χ1n) is 8.81. The van der Waals surface area contributed by atoms with Gasteiger partial charge in [-0.2, -0.15) is 0 Å². The summed E-state index contributed by atoms with van der Waals surface area (Å²) in [6.07, 6.45) is 0.0153. The maximum Gasteiger partial charge on any atom is 0.330 e. The minimum absolute atomic E-state index is 0.0153. The fourth-order valence-electron chi connectivity index (χ4n) is 3.38. The summed E-state index contributed by atoms with van der Waals surface area (Å²) < 4.78 is 10.6. The Labute approximate surface area is 160 Å². The molecule has 1 fully saturated rings. The number of rotatable bonds is 5. The van der Waals surface area contributed by atoms with E-state index < -0.39 is 23.8 Å². The van der Waals surface area contributed by atoms with Crippen LogP contribution in [0.3, 0.4) is 0 Å². The summed E-state index contributed by atoms with van der Waals surface area (Å²) in [6, 6.07) is 12.4. The third-order valence-corrected chi connectivity index (χ3v) is 4.83. The number of carbonyl (C=O) groups excluding carboxylic acids is 2. The van der Waals surface area contributed by atoms with Gasteiger partial charge < -0.3 is 24.8 Å². The normalized spacial score (nSPS) is 18.8. The molecule has 2 heterocycles. The number of hydrogen-bond donors (Lipinski definition) is 2. The molecule has 2 amide bonds. The number of anilines is 1. The van der Waals surface area contributed by atoms with E-state index in [2.05, 4.69) is 5.32 Å². The largest absolute Gasteiger partial charge is 0.479 e. The van der Waals surface area contributed by atoms with Crippen molar-refractivity contribution in [3.8, 4) is 11.5 Å². The van der Waals surface area contributed by atoms with Gasteiger partial charge in [-0.25, -0.2) is 4.79 Å². The van der Waals surface area contributed by atoms with Crippen molar-refractivity contribution in [3.63, 3.8) is 0 Å². The average Bonchev–Trinajstić information content (AvgIpc) is 3.32. The highest BCUT2D eigenvalue weighted by Gasteiger charge is 2.37. The van der Waals surface area contributed by atoms with E-state index in [1.54, 1.807) is 48.5 Å². The minimum Gasteiger partial charge on any atom is -0.479 e. The van der Waals surface area contributed by atoms with Crippen molar-refractivity contribution in [2.45, 2.75) is 12.5 Å². The fourth-order valence-corrected chi connectivity index (χ4v) is 3.38. The molecule has 8 heteroatoms. The van der Waals surface area contributed by atoms with E-state index in [1.165, 1.54) is 4.90 Å². The molecule has 2 atom stereocenters. The maximum absolute atomic E-state index is 12.6. The zero-order valence-electron chi connectivity index (χ0n) is 14.8. The summed E-state index contributed by atoms with van der Waals surface area (Å²) in [6.45, 7) is 0.305. The van der Waals surface area contributed by atoms with Crippen molar-refractivity contribution in [1.29, 1.82) is 0 Å². The van der Waals surface area contributed by atoms with E-state index in [0.29, 0.717) is 22.7 Å². The van der Waals surface area contributed by atoms with Crippen molar-refractivity contribution < 1.29 is 29.0 Å². The predicted octanol–water partition coefficient (Wildman–Crippen LogP) is 1.71. The number of carbonyl (C=O) groups is 3. The molecular weight excluding hydrogens is 364 g/mol. The van der Waals surface area contributed by atoms with Gasteiger partial charge in [-0.1, -0.05) is 30.3 Å². The highest BCUT2D eigenvalue weighted by atomic mass is 16.7. The van der Waals surface area contributed by atoms with E-state index >= 15 is 0 Å². The monoisotopic (exact) mass is 382 g/mol. The van der Waals surface area contributed by atoms with Gasteiger partial charge in [0.25, 0.3) is 0 Å². The second kappa shape index (κ2) is 7.22. The number of aliphatic carboxylic acids is 1. The van der Waals surface area contributed by atoms with Crippen molar-refractivity contribution in [1.82, 2.24) is 5.32 Å².